The highest BCUT2D eigenvalue weighted by Crippen LogP contribution is 2.45. The van der Waals surface area contributed by atoms with Crippen LogP contribution in [0.1, 0.15) is 38.2 Å². The molecular formula is C14H17NO4. The van der Waals surface area contributed by atoms with Gasteiger partial charge in [0.2, 0.25) is 0 Å². The molecule has 0 heterocycles. The Morgan fingerprint density at radius 3 is 2.58 bits per heavy atom. The Hall–Kier alpha value is -1.91. The predicted molar refractivity (Wildman–Crippen MR) is 69.9 cm³/mol. The molecule has 0 atom stereocenters. The number of hydrogen-bond acceptors (Lipinski definition) is 4. The second-order valence-electron chi connectivity index (χ2n) is 4.78. The van der Waals surface area contributed by atoms with Crippen LogP contribution in [0.2, 0.25) is 0 Å². The highest BCUT2D eigenvalue weighted by Gasteiger charge is 2.47. The van der Waals surface area contributed by atoms with E-state index in [1.807, 2.05) is 0 Å². The third-order valence-electron chi connectivity index (χ3n) is 3.74. The average Bonchev–Trinajstić information content (AvgIpc) is 2.89. The van der Waals surface area contributed by atoms with Crippen molar-refractivity contribution in [3.8, 4) is 0 Å². The van der Waals surface area contributed by atoms with E-state index < -0.39 is 10.3 Å². The molecule has 1 aromatic carbocycles. The number of carbonyl (C=O) groups excluding carboxylic acids is 1. The number of rotatable bonds is 4. The summed E-state index contributed by atoms with van der Waals surface area (Å²) in [7, 11) is 0. The van der Waals surface area contributed by atoms with E-state index in [-0.39, 0.29) is 11.7 Å². The van der Waals surface area contributed by atoms with Crippen molar-refractivity contribution < 1.29 is 14.5 Å². The molecule has 0 amide bonds. The Labute approximate surface area is 111 Å². The van der Waals surface area contributed by atoms with Crippen LogP contribution in [-0.2, 0) is 14.9 Å². The summed E-state index contributed by atoms with van der Waals surface area (Å²) in [4.78, 5) is 23.0. The van der Waals surface area contributed by atoms with E-state index in [0.29, 0.717) is 25.0 Å². The SMILES string of the molecule is CCOC(=O)C1(c2ccccc2[N+](=O)[O-])CCCC1. The summed E-state index contributed by atoms with van der Waals surface area (Å²) >= 11 is 0. The second kappa shape index (κ2) is 5.38. The van der Waals surface area contributed by atoms with Crippen LogP contribution in [0.4, 0.5) is 5.69 Å². The fourth-order valence-corrected chi connectivity index (χ4v) is 2.87. The van der Waals surface area contributed by atoms with Gasteiger partial charge in [0.25, 0.3) is 5.69 Å². The van der Waals surface area contributed by atoms with Crippen molar-refractivity contribution in [2.75, 3.05) is 6.61 Å². The number of carbonyl (C=O) groups is 1. The number of nitro benzene ring substituents is 1. The summed E-state index contributed by atoms with van der Waals surface area (Å²) in [5.41, 5.74) is -0.326. The predicted octanol–water partition coefficient (Wildman–Crippen LogP) is 2.97. The van der Waals surface area contributed by atoms with Gasteiger partial charge in [-0.2, -0.15) is 0 Å². The van der Waals surface area contributed by atoms with E-state index in [0.717, 1.165) is 12.8 Å². The first kappa shape index (κ1) is 13.5. The third-order valence-corrected chi connectivity index (χ3v) is 3.74. The first-order valence-electron chi connectivity index (χ1n) is 6.53. The van der Waals surface area contributed by atoms with Crippen LogP contribution in [0.3, 0.4) is 0 Å². The molecule has 1 aliphatic carbocycles. The van der Waals surface area contributed by atoms with Crippen LogP contribution in [0.15, 0.2) is 24.3 Å². The molecule has 5 nitrogen and oxygen atoms in total. The number of nitrogens with zero attached hydrogens (tertiary/aromatic N) is 1. The van der Waals surface area contributed by atoms with Gasteiger partial charge >= 0.3 is 5.97 Å². The fourth-order valence-electron chi connectivity index (χ4n) is 2.87. The zero-order valence-corrected chi connectivity index (χ0v) is 10.9. The van der Waals surface area contributed by atoms with Gasteiger partial charge in [-0.15, -0.1) is 0 Å². The molecule has 0 saturated heterocycles. The van der Waals surface area contributed by atoms with E-state index in [1.165, 1.54) is 6.07 Å². The minimum atomic E-state index is -0.834. The fraction of sp³-hybridized carbons (Fsp3) is 0.500. The largest absolute Gasteiger partial charge is 0.465 e. The van der Waals surface area contributed by atoms with Crippen molar-refractivity contribution in [3.05, 3.63) is 39.9 Å². The summed E-state index contributed by atoms with van der Waals surface area (Å²) in [5.74, 6) is -0.332. The maximum absolute atomic E-state index is 12.3. The standard InChI is InChI=1S/C14H17NO4/c1-2-19-13(16)14(9-5-6-10-14)11-7-3-4-8-12(11)15(17)18/h3-4,7-8H,2,5-6,9-10H2,1H3. The quantitative estimate of drug-likeness (QED) is 0.475. The van der Waals surface area contributed by atoms with Crippen LogP contribution in [-0.4, -0.2) is 17.5 Å². The van der Waals surface area contributed by atoms with Crippen molar-refractivity contribution in [3.63, 3.8) is 0 Å². The number of hydrogen-bond donors (Lipinski definition) is 0. The minimum absolute atomic E-state index is 0.0115. The summed E-state index contributed by atoms with van der Waals surface area (Å²) in [6.45, 7) is 2.04. The number of benzene rings is 1. The van der Waals surface area contributed by atoms with E-state index in [4.69, 9.17) is 4.74 Å². The van der Waals surface area contributed by atoms with Gasteiger partial charge in [0, 0.05) is 11.6 Å². The maximum Gasteiger partial charge on any atom is 0.316 e. The lowest BCUT2D eigenvalue weighted by Crippen LogP contribution is -2.35. The number of esters is 1. The minimum Gasteiger partial charge on any atom is -0.465 e. The molecule has 5 heteroatoms. The molecular weight excluding hydrogens is 246 g/mol. The number of para-hydroxylation sites is 1. The number of ether oxygens (including phenoxy) is 1. The van der Waals surface area contributed by atoms with Crippen LogP contribution in [0.25, 0.3) is 0 Å². The molecule has 0 aromatic heterocycles. The number of nitro groups is 1. The van der Waals surface area contributed by atoms with Crippen molar-refractivity contribution in [1.29, 1.82) is 0 Å². The first-order valence-corrected chi connectivity index (χ1v) is 6.53. The summed E-state index contributed by atoms with van der Waals surface area (Å²) in [6, 6.07) is 6.49. The first-order chi connectivity index (χ1) is 9.12. The van der Waals surface area contributed by atoms with Gasteiger partial charge in [0.15, 0.2) is 0 Å². The Kier molecular flexibility index (Phi) is 3.83. The second-order valence-corrected chi connectivity index (χ2v) is 4.78. The zero-order valence-electron chi connectivity index (χ0n) is 10.9. The monoisotopic (exact) mass is 263 g/mol. The van der Waals surface area contributed by atoms with E-state index >= 15 is 0 Å². The van der Waals surface area contributed by atoms with E-state index in [1.54, 1.807) is 25.1 Å². The normalized spacial score (nSPS) is 17.1. The van der Waals surface area contributed by atoms with Gasteiger partial charge in [-0.25, -0.2) is 0 Å². The molecule has 0 radical (unpaired) electrons. The summed E-state index contributed by atoms with van der Waals surface area (Å²) in [6.07, 6.45) is 3.03. The van der Waals surface area contributed by atoms with E-state index in [9.17, 15) is 14.9 Å². The lowest BCUT2D eigenvalue weighted by molar-refractivity contribution is -0.386. The third kappa shape index (κ3) is 2.32. The summed E-state index contributed by atoms with van der Waals surface area (Å²) < 4.78 is 5.16. The molecule has 2 rings (SSSR count). The molecule has 19 heavy (non-hydrogen) atoms. The highest BCUT2D eigenvalue weighted by molar-refractivity contribution is 5.85. The summed E-state index contributed by atoms with van der Waals surface area (Å²) in [5, 5.41) is 11.2. The van der Waals surface area contributed by atoms with Crippen molar-refractivity contribution in [1.82, 2.24) is 0 Å². The molecule has 1 fully saturated rings. The Balaban J connectivity index is 2.51. The van der Waals surface area contributed by atoms with Crippen LogP contribution >= 0.6 is 0 Å². The molecule has 1 aromatic rings. The van der Waals surface area contributed by atoms with Crippen molar-refractivity contribution >= 4 is 11.7 Å². The Morgan fingerprint density at radius 2 is 2.00 bits per heavy atom. The van der Waals surface area contributed by atoms with Gasteiger partial charge in [-0.3, -0.25) is 14.9 Å². The molecule has 0 N–H and O–H groups in total. The van der Waals surface area contributed by atoms with Crippen molar-refractivity contribution in [2.45, 2.75) is 38.0 Å². The molecule has 1 aliphatic rings. The van der Waals surface area contributed by atoms with Gasteiger partial charge in [0.1, 0.15) is 0 Å². The maximum atomic E-state index is 12.3. The van der Waals surface area contributed by atoms with Crippen LogP contribution < -0.4 is 0 Å². The van der Waals surface area contributed by atoms with Crippen LogP contribution in [0, 0.1) is 10.1 Å². The van der Waals surface area contributed by atoms with Crippen LogP contribution in [0.5, 0.6) is 0 Å². The highest BCUT2D eigenvalue weighted by atomic mass is 16.6. The Bertz CT molecular complexity index is 492. The molecule has 0 unspecified atom stereocenters. The van der Waals surface area contributed by atoms with Gasteiger partial charge in [-0.05, 0) is 19.8 Å². The van der Waals surface area contributed by atoms with Crippen molar-refractivity contribution in [2.24, 2.45) is 0 Å². The molecule has 0 aliphatic heterocycles. The molecule has 0 spiro atoms. The lowest BCUT2D eigenvalue weighted by atomic mass is 9.78. The topological polar surface area (TPSA) is 69.4 Å². The van der Waals surface area contributed by atoms with Gasteiger partial charge < -0.3 is 4.74 Å². The zero-order chi connectivity index (χ0) is 13.9. The van der Waals surface area contributed by atoms with E-state index in [2.05, 4.69) is 0 Å². The Morgan fingerprint density at radius 1 is 1.37 bits per heavy atom. The molecule has 1 saturated carbocycles. The smallest absolute Gasteiger partial charge is 0.316 e. The van der Waals surface area contributed by atoms with Gasteiger partial charge in [0.05, 0.1) is 16.9 Å². The average molecular weight is 263 g/mol. The molecule has 0 bridgehead atoms. The van der Waals surface area contributed by atoms with Gasteiger partial charge in [-0.1, -0.05) is 31.0 Å². The molecule has 102 valence electrons. The lowest BCUT2D eigenvalue weighted by Gasteiger charge is -2.26.